The zero-order valence-corrected chi connectivity index (χ0v) is 13.0. The first-order valence-electron chi connectivity index (χ1n) is 6.64. The van der Waals surface area contributed by atoms with Crippen LogP contribution in [-0.4, -0.2) is 8.07 Å². The highest BCUT2D eigenvalue weighted by Gasteiger charge is 2.15. The molecule has 0 spiro atoms. The highest BCUT2D eigenvalue weighted by molar-refractivity contribution is 6.88. The van der Waals surface area contributed by atoms with Crippen molar-refractivity contribution in [1.29, 1.82) is 0 Å². The lowest BCUT2D eigenvalue weighted by atomic mass is 10.2. The molecule has 0 aliphatic carbocycles. The number of nitrogens with one attached hydrogen (secondary N) is 1. The molecule has 0 saturated carbocycles. The molecular formula is C16H19F2NSi. The molecule has 0 heterocycles. The minimum atomic E-state index is -1.27. The van der Waals surface area contributed by atoms with Gasteiger partial charge in [0, 0.05) is 18.3 Å². The smallest absolute Gasteiger partial charge is 0.160 e. The van der Waals surface area contributed by atoms with Crippen LogP contribution in [0.4, 0.5) is 14.5 Å². The summed E-state index contributed by atoms with van der Waals surface area (Å²) < 4.78 is 25.9. The van der Waals surface area contributed by atoms with Gasteiger partial charge in [-0.25, -0.2) is 8.78 Å². The van der Waals surface area contributed by atoms with Crippen molar-refractivity contribution in [2.24, 2.45) is 0 Å². The van der Waals surface area contributed by atoms with Crippen LogP contribution in [-0.2, 0) is 6.54 Å². The van der Waals surface area contributed by atoms with E-state index in [9.17, 15) is 8.78 Å². The fourth-order valence-electron chi connectivity index (χ4n) is 1.93. The summed E-state index contributed by atoms with van der Waals surface area (Å²) in [6, 6.07) is 12.3. The summed E-state index contributed by atoms with van der Waals surface area (Å²) in [6.45, 7) is 7.52. The van der Waals surface area contributed by atoms with Gasteiger partial charge in [0.25, 0.3) is 0 Å². The third-order valence-corrected chi connectivity index (χ3v) is 5.30. The summed E-state index contributed by atoms with van der Waals surface area (Å²) in [5.41, 5.74) is 1.70. The van der Waals surface area contributed by atoms with Crippen molar-refractivity contribution in [3.63, 3.8) is 0 Å². The zero-order valence-electron chi connectivity index (χ0n) is 12.0. The predicted molar refractivity (Wildman–Crippen MR) is 83.1 cm³/mol. The van der Waals surface area contributed by atoms with Crippen LogP contribution in [0.3, 0.4) is 0 Å². The van der Waals surface area contributed by atoms with Crippen molar-refractivity contribution in [3.8, 4) is 0 Å². The van der Waals surface area contributed by atoms with Crippen LogP contribution in [0.15, 0.2) is 42.5 Å². The molecule has 0 fully saturated rings. The Kier molecular flexibility index (Phi) is 4.23. The molecule has 0 aliphatic heterocycles. The molecule has 0 radical (unpaired) electrons. The molecule has 0 aromatic heterocycles. The maximum absolute atomic E-state index is 13.1. The number of anilines is 1. The second-order valence-electron chi connectivity index (χ2n) is 5.93. The molecule has 0 saturated heterocycles. The van der Waals surface area contributed by atoms with Crippen molar-refractivity contribution in [2.45, 2.75) is 26.2 Å². The Balaban J connectivity index is 2.02. The summed E-state index contributed by atoms with van der Waals surface area (Å²) in [7, 11) is -1.27. The number of halogens is 2. The van der Waals surface area contributed by atoms with E-state index in [0.717, 1.165) is 11.6 Å². The van der Waals surface area contributed by atoms with E-state index in [-0.39, 0.29) is 0 Å². The summed E-state index contributed by atoms with van der Waals surface area (Å²) >= 11 is 0. The van der Waals surface area contributed by atoms with Crippen LogP contribution >= 0.6 is 0 Å². The molecule has 106 valence electrons. The van der Waals surface area contributed by atoms with E-state index in [4.69, 9.17) is 0 Å². The predicted octanol–water partition coefficient (Wildman–Crippen LogP) is 4.12. The minimum absolute atomic E-state index is 0.582. The molecule has 0 atom stereocenters. The van der Waals surface area contributed by atoms with Crippen molar-refractivity contribution >= 4 is 18.9 Å². The molecule has 0 bridgehead atoms. The number of hydrogen-bond donors (Lipinski definition) is 1. The van der Waals surface area contributed by atoms with Gasteiger partial charge in [-0.05, 0) is 17.7 Å². The standard InChI is InChI=1S/C16H19F2NSi/c1-20(2,3)14-7-4-12(5-8-14)11-19-13-6-9-15(17)16(18)10-13/h4-10,19H,11H2,1-3H3. The molecule has 2 aromatic carbocycles. The summed E-state index contributed by atoms with van der Waals surface area (Å²) in [5.74, 6) is -1.65. The number of rotatable bonds is 4. The van der Waals surface area contributed by atoms with Crippen LogP contribution in [0.1, 0.15) is 5.56 Å². The number of hydrogen-bond acceptors (Lipinski definition) is 1. The van der Waals surface area contributed by atoms with Gasteiger partial charge in [0.2, 0.25) is 0 Å². The summed E-state index contributed by atoms with van der Waals surface area (Å²) in [5, 5.41) is 4.50. The molecule has 0 amide bonds. The van der Waals surface area contributed by atoms with E-state index in [1.165, 1.54) is 17.3 Å². The van der Waals surface area contributed by atoms with Gasteiger partial charge in [0.1, 0.15) is 0 Å². The Bertz CT molecular complexity index is 588. The first-order chi connectivity index (χ1) is 9.36. The van der Waals surface area contributed by atoms with E-state index in [1.54, 1.807) is 0 Å². The van der Waals surface area contributed by atoms with Gasteiger partial charge in [-0.3, -0.25) is 0 Å². The van der Waals surface area contributed by atoms with Crippen LogP contribution in [0.5, 0.6) is 0 Å². The van der Waals surface area contributed by atoms with Crippen molar-refractivity contribution < 1.29 is 8.78 Å². The van der Waals surface area contributed by atoms with Gasteiger partial charge in [-0.1, -0.05) is 49.1 Å². The third-order valence-electron chi connectivity index (χ3n) is 3.24. The van der Waals surface area contributed by atoms with Gasteiger partial charge in [-0.15, -0.1) is 0 Å². The van der Waals surface area contributed by atoms with Crippen LogP contribution in [0.25, 0.3) is 0 Å². The highest BCUT2D eigenvalue weighted by Crippen LogP contribution is 2.14. The van der Waals surface area contributed by atoms with E-state index >= 15 is 0 Å². The normalized spacial score (nSPS) is 11.4. The lowest BCUT2D eigenvalue weighted by Crippen LogP contribution is -2.37. The SMILES string of the molecule is C[Si](C)(C)c1ccc(CNc2ccc(F)c(F)c2)cc1. The maximum atomic E-state index is 13.1. The first kappa shape index (κ1) is 14.7. The van der Waals surface area contributed by atoms with Gasteiger partial charge < -0.3 is 5.32 Å². The molecule has 20 heavy (non-hydrogen) atoms. The van der Waals surface area contributed by atoms with Gasteiger partial charge in [0.05, 0.1) is 8.07 Å². The number of benzene rings is 2. The Morgan fingerprint density at radius 1 is 0.900 bits per heavy atom. The largest absolute Gasteiger partial charge is 0.381 e. The first-order valence-corrected chi connectivity index (χ1v) is 10.1. The average molecular weight is 291 g/mol. The van der Waals surface area contributed by atoms with E-state index in [2.05, 4.69) is 49.2 Å². The average Bonchev–Trinajstić information content (AvgIpc) is 2.40. The topological polar surface area (TPSA) is 12.0 Å². The Morgan fingerprint density at radius 2 is 1.55 bits per heavy atom. The van der Waals surface area contributed by atoms with Crippen molar-refractivity contribution in [3.05, 3.63) is 59.7 Å². The quantitative estimate of drug-likeness (QED) is 0.836. The second-order valence-corrected chi connectivity index (χ2v) is 11.0. The Hall–Kier alpha value is -1.68. The molecule has 0 unspecified atom stereocenters. The second kappa shape index (κ2) is 5.75. The Labute approximate surface area is 119 Å². The lowest BCUT2D eigenvalue weighted by molar-refractivity contribution is 0.509. The van der Waals surface area contributed by atoms with Crippen molar-refractivity contribution in [1.82, 2.24) is 0 Å². The van der Waals surface area contributed by atoms with E-state index in [1.807, 2.05) is 0 Å². The van der Waals surface area contributed by atoms with E-state index < -0.39 is 19.7 Å². The van der Waals surface area contributed by atoms with Crippen LogP contribution in [0.2, 0.25) is 19.6 Å². The fourth-order valence-corrected chi connectivity index (χ4v) is 3.10. The fraction of sp³-hybridized carbons (Fsp3) is 0.250. The minimum Gasteiger partial charge on any atom is -0.381 e. The van der Waals surface area contributed by atoms with Gasteiger partial charge in [-0.2, -0.15) is 0 Å². The lowest BCUT2D eigenvalue weighted by Gasteiger charge is -2.17. The molecule has 2 rings (SSSR count). The van der Waals surface area contributed by atoms with Crippen LogP contribution < -0.4 is 10.5 Å². The molecule has 1 nitrogen and oxygen atoms in total. The summed E-state index contributed by atoms with van der Waals surface area (Å²) in [4.78, 5) is 0. The maximum Gasteiger partial charge on any atom is 0.160 e. The zero-order chi connectivity index (χ0) is 14.8. The Morgan fingerprint density at radius 3 is 2.10 bits per heavy atom. The van der Waals surface area contributed by atoms with Gasteiger partial charge >= 0.3 is 0 Å². The summed E-state index contributed by atoms with van der Waals surface area (Å²) in [6.07, 6.45) is 0. The molecule has 4 heteroatoms. The van der Waals surface area contributed by atoms with E-state index in [0.29, 0.717) is 12.2 Å². The molecule has 0 aliphatic rings. The third kappa shape index (κ3) is 3.67. The molecule has 2 aromatic rings. The highest BCUT2D eigenvalue weighted by atomic mass is 28.3. The van der Waals surface area contributed by atoms with Gasteiger partial charge in [0.15, 0.2) is 11.6 Å². The molecule has 1 N–H and O–H groups in total. The van der Waals surface area contributed by atoms with Crippen molar-refractivity contribution in [2.75, 3.05) is 5.32 Å². The van der Waals surface area contributed by atoms with Crippen LogP contribution in [0, 0.1) is 11.6 Å². The monoisotopic (exact) mass is 291 g/mol. The molecular weight excluding hydrogens is 272 g/mol.